The van der Waals surface area contributed by atoms with Crippen molar-refractivity contribution in [1.29, 1.82) is 0 Å². The first-order valence-electron chi connectivity index (χ1n) is 15.6. The van der Waals surface area contributed by atoms with Gasteiger partial charge in [-0.15, -0.1) is 11.3 Å². The standard InChI is InChI=1S/C21H24ClN3S.C9H18.C6H14N/c1-6-15(10-17(22)14(5)12(2)3)25-20-19-16-8-7-13(4)9-18(16)26-21(19)24-11-23-20;1-3-6-9(2)7-4-5-8-9;1-5-7(3,4)6-2/h6,10-11,13H,1-2,7-9H2,3-5H3,(H,23,24,25);3-8H2,1-2H3;5H,1,6H2,2-4H3/q;;+1/b15-10+,17-14-;;. The summed E-state index contributed by atoms with van der Waals surface area (Å²) in [6.07, 6.45) is 19.4. The molecule has 0 bridgehead atoms. The summed E-state index contributed by atoms with van der Waals surface area (Å²) in [7, 11) is 4.24. The number of nitrogens with one attached hydrogen (secondary N) is 1. The van der Waals surface area contributed by atoms with Gasteiger partial charge >= 0.3 is 0 Å². The van der Waals surface area contributed by atoms with Crippen LogP contribution in [0, 0.1) is 11.3 Å². The van der Waals surface area contributed by atoms with Crippen LogP contribution >= 0.6 is 22.9 Å². The Morgan fingerprint density at radius 2 is 1.86 bits per heavy atom. The van der Waals surface area contributed by atoms with Gasteiger partial charge in [-0.3, -0.25) is 0 Å². The van der Waals surface area contributed by atoms with Crippen LogP contribution < -0.4 is 5.32 Å². The number of nitrogens with zero attached hydrogens (tertiary/aromatic N) is 3. The lowest BCUT2D eigenvalue weighted by Crippen LogP contribution is -2.31. The summed E-state index contributed by atoms with van der Waals surface area (Å²) in [5.74, 6) is 1.56. The number of allylic oxidation sites excluding steroid dienone is 5. The van der Waals surface area contributed by atoms with Crippen molar-refractivity contribution in [3.8, 4) is 0 Å². The van der Waals surface area contributed by atoms with E-state index in [0.29, 0.717) is 5.03 Å². The molecule has 0 aliphatic heterocycles. The number of halogens is 1. The molecule has 1 unspecified atom stereocenters. The molecule has 0 amide bonds. The van der Waals surface area contributed by atoms with E-state index in [0.717, 1.165) is 68.1 Å². The summed E-state index contributed by atoms with van der Waals surface area (Å²) < 4.78 is 0.903. The molecule has 1 atom stereocenters. The van der Waals surface area contributed by atoms with Crippen LogP contribution in [-0.2, 0) is 12.8 Å². The van der Waals surface area contributed by atoms with E-state index in [9.17, 15) is 0 Å². The SMILES string of the molecule is C=C/C(=C\C(Cl)=C(/C)C(=C)C)Nc1ncnc2sc3c(c12)CCC(C)C3.C=C[N+](C)(C)CC.CCCC1(C)CCCC1. The zero-order valence-electron chi connectivity index (χ0n) is 27.7. The van der Waals surface area contributed by atoms with Crippen molar-refractivity contribution in [2.45, 2.75) is 99.3 Å². The van der Waals surface area contributed by atoms with Gasteiger partial charge in [-0.05, 0) is 100 Å². The Labute approximate surface area is 266 Å². The Balaban J connectivity index is 0.000000314. The fourth-order valence-corrected chi connectivity index (χ4v) is 6.94. The lowest BCUT2D eigenvalue weighted by molar-refractivity contribution is -0.836. The largest absolute Gasteiger partial charge is 0.340 e. The van der Waals surface area contributed by atoms with Crippen LogP contribution in [0.3, 0.4) is 0 Å². The number of fused-ring (bicyclic) bond motifs is 3. The minimum Gasteiger partial charge on any atom is -0.340 e. The van der Waals surface area contributed by atoms with Crippen molar-refractivity contribution < 1.29 is 4.48 Å². The highest BCUT2D eigenvalue weighted by atomic mass is 35.5. The maximum absolute atomic E-state index is 6.42. The Kier molecular flexibility index (Phi) is 14.2. The monoisotopic (exact) mass is 611 g/mol. The second-order valence-corrected chi connectivity index (χ2v) is 14.5. The Hall–Kier alpha value is -2.21. The molecule has 6 heteroatoms. The van der Waals surface area contributed by atoms with Crippen LogP contribution in [0.25, 0.3) is 10.2 Å². The van der Waals surface area contributed by atoms with Crippen molar-refractivity contribution in [2.75, 3.05) is 26.0 Å². The molecular formula is C36H56ClN4S+. The molecule has 1 N–H and O–H groups in total. The molecule has 4 rings (SSSR count). The first kappa shape index (κ1) is 36.0. The van der Waals surface area contributed by atoms with Crippen LogP contribution in [0.1, 0.15) is 96.9 Å². The summed E-state index contributed by atoms with van der Waals surface area (Å²) >= 11 is 8.21. The van der Waals surface area contributed by atoms with E-state index in [4.69, 9.17) is 11.6 Å². The molecular weight excluding hydrogens is 556 g/mol. The van der Waals surface area contributed by atoms with E-state index in [1.807, 2.05) is 26.1 Å². The lowest BCUT2D eigenvalue weighted by atomic mass is 9.84. The molecule has 2 heterocycles. The predicted octanol–water partition coefficient (Wildman–Crippen LogP) is 11.0. The zero-order chi connectivity index (χ0) is 31.5. The van der Waals surface area contributed by atoms with Crippen molar-refractivity contribution in [1.82, 2.24) is 9.97 Å². The number of hydrogen-bond donors (Lipinski definition) is 1. The van der Waals surface area contributed by atoms with Crippen molar-refractivity contribution in [2.24, 2.45) is 11.3 Å². The summed E-state index contributed by atoms with van der Waals surface area (Å²) in [5.41, 5.74) is 4.85. The molecule has 0 aromatic carbocycles. The third-order valence-electron chi connectivity index (χ3n) is 8.83. The Morgan fingerprint density at radius 1 is 1.19 bits per heavy atom. The number of rotatable bonds is 9. The minimum atomic E-state index is 0.645. The maximum Gasteiger partial charge on any atom is 0.142 e. The van der Waals surface area contributed by atoms with Gasteiger partial charge in [0.2, 0.25) is 0 Å². The summed E-state index contributed by atoms with van der Waals surface area (Å²) in [5, 5.41) is 5.18. The third-order valence-corrected chi connectivity index (χ3v) is 10.4. The molecule has 1 saturated carbocycles. The van der Waals surface area contributed by atoms with Gasteiger partial charge in [0, 0.05) is 15.6 Å². The lowest BCUT2D eigenvalue weighted by Gasteiger charge is -2.21. The fraction of sp³-hybridized carbons (Fsp3) is 0.556. The molecule has 0 radical (unpaired) electrons. The van der Waals surface area contributed by atoms with Gasteiger partial charge in [0.15, 0.2) is 0 Å². The van der Waals surface area contributed by atoms with Crippen molar-refractivity contribution in [3.63, 3.8) is 0 Å². The second kappa shape index (κ2) is 16.6. The number of quaternary nitrogens is 1. The number of anilines is 1. The molecule has 2 aromatic heterocycles. The number of aryl methyl sites for hydroxylation is 1. The predicted molar refractivity (Wildman–Crippen MR) is 188 cm³/mol. The van der Waals surface area contributed by atoms with Gasteiger partial charge in [-0.1, -0.05) is 70.4 Å². The molecule has 1 fully saturated rings. The Morgan fingerprint density at radius 3 is 2.38 bits per heavy atom. The second-order valence-electron chi connectivity index (χ2n) is 13.0. The highest BCUT2D eigenvalue weighted by molar-refractivity contribution is 7.19. The average Bonchev–Trinajstić information content (AvgIpc) is 3.56. The molecule has 2 aliphatic carbocycles. The van der Waals surface area contributed by atoms with E-state index in [-0.39, 0.29) is 0 Å². The number of thiophene rings is 1. The highest BCUT2D eigenvalue weighted by Crippen LogP contribution is 2.41. The molecule has 2 aliphatic rings. The van der Waals surface area contributed by atoms with Crippen molar-refractivity contribution in [3.05, 3.63) is 76.7 Å². The molecule has 0 spiro atoms. The highest BCUT2D eigenvalue weighted by Gasteiger charge is 2.27. The molecule has 4 nitrogen and oxygen atoms in total. The first-order chi connectivity index (χ1) is 19.8. The molecule has 232 valence electrons. The maximum atomic E-state index is 6.42. The van der Waals surface area contributed by atoms with E-state index in [1.165, 1.54) is 55.4 Å². The van der Waals surface area contributed by atoms with Gasteiger partial charge in [0.05, 0.1) is 32.2 Å². The summed E-state index contributed by atoms with van der Waals surface area (Å²) in [6.45, 7) is 25.7. The summed E-state index contributed by atoms with van der Waals surface area (Å²) in [6, 6.07) is 0. The normalized spacial score (nSPS) is 18.5. The van der Waals surface area contributed by atoms with Crippen LogP contribution in [0.2, 0.25) is 0 Å². The zero-order valence-corrected chi connectivity index (χ0v) is 29.3. The summed E-state index contributed by atoms with van der Waals surface area (Å²) in [4.78, 5) is 11.5. The van der Waals surface area contributed by atoms with Gasteiger partial charge in [0.25, 0.3) is 0 Å². The topological polar surface area (TPSA) is 37.8 Å². The van der Waals surface area contributed by atoms with Gasteiger partial charge < -0.3 is 9.80 Å². The van der Waals surface area contributed by atoms with Crippen LogP contribution in [-0.4, -0.2) is 35.1 Å². The quantitative estimate of drug-likeness (QED) is 0.226. The number of aromatic nitrogens is 2. The Bertz CT molecular complexity index is 1280. The number of hydrogen-bond acceptors (Lipinski definition) is 4. The van der Waals surface area contributed by atoms with Gasteiger partial charge in [0.1, 0.15) is 17.0 Å². The fourth-order valence-electron chi connectivity index (χ4n) is 5.31. The smallest absolute Gasteiger partial charge is 0.142 e. The molecule has 2 aromatic rings. The molecule has 42 heavy (non-hydrogen) atoms. The minimum absolute atomic E-state index is 0.645. The third kappa shape index (κ3) is 10.5. The van der Waals surface area contributed by atoms with Crippen LogP contribution in [0.5, 0.6) is 0 Å². The van der Waals surface area contributed by atoms with Crippen LogP contribution in [0.15, 0.2) is 66.3 Å². The first-order valence-corrected chi connectivity index (χ1v) is 16.8. The van der Waals surface area contributed by atoms with E-state index >= 15 is 0 Å². The van der Waals surface area contributed by atoms with Gasteiger partial charge in [-0.2, -0.15) is 0 Å². The molecule has 0 saturated heterocycles. The van der Waals surface area contributed by atoms with E-state index in [2.05, 4.69) is 76.8 Å². The van der Waals surface area contributed by atoms with Crippen molar-refractivity contribution >= 4 is 39.0 Å². The van der Waals surface area contributed by atoms with Gasteiger partial charge in [-0.25, -0.2) is 9.97 Å². The average molecular weight is 612 g/mol. The van der Waals surface area contributed by atoms with E-state index < -0.39 is 0 Å². The van der Waals surface area contributed by atoms with E-state index in [1.54, 1.807) is 23.7 Å². The van der Waals surface area contributed by atoms with Crippen LogP contribution in [0.4, 0.5) is 5.82 Å².